The van der Waals surface area contributed by atoms with Crippen LogP contribution in [-0.4, -0.2) is 47.4 Å². The molecule has 1 amide bonds. The number of nitrogens with one attached hydrogen (secondary N) is 1. The standard InChI is InChI=1S/C47H93NO5/c1-3-5-7-9-11-13-14-15-18-21-25-29-33-37-41-47(52)53-42-38-34-30-26-22-19-16-17-20-24-28-32-36-40-46(51)48-44(43-49)45(50)39-35-31-27-23-12-10-8-6-4-2/h44-45,49-50H,3-43H2,1-2H3,(H,48,51). The van der Waals surface area contributed by atoms with Crippen molar-refractivity contribution in [1.29, 1.82) is 0 Å². The lowest BCUT2D eigenvalue weighted by molar-refractivity contribution is -0.143. The van der Waals surface area contributed by atoms with Gasteiger partial charge in [-0.1, -0.05) is 226 Å². The van der Waals surface area contributed by atoms with Crippen molar-refractivity contribution in [2.24, 2.45) is 0 Å². The van der Waals surface area contributed by atoms with Crippen molar-refractivity contribution in [2.75, 3.05) is 13.2 Å². The van der Waals surface area contributed by atoms with Crippen molar-refractivity contribution in [3.8, 4) is 0 Å². The first-order valence-corrected chi connectivity index (χ1v) is 23.8. The van der Waals surface area contributed by atoms with E-state index in [1.165, 1.54) is 180 Å². The number of unbranched alkanes of at least 4 members (excludes halogenated alkanes) is 33. The van der Waals surface area contributed by atoms with Crippen molar-refractivity contribution in [2.45, 2.75) is 276 Å². The largest absolute Gasteiger partial charge is 0.466 e. The summed E-state index contributed by atoms with van der Waals surface area (Å²) in [6.07, 6.45) is 46.3. The fraction of sp³-hybridized carbons (Fsp3) is 0.957. The maximum Gasteiger partial charge on any atom is 0.305 e. The molecule has 0 fully saturated rings. The van der Waals surface area contributed by atoms with E-state index < -0.39 is 12.1 Å². The van der Waals surface area contributed by atoms with Crippen LogP contribution in [0, 0.1) is 0 Å². The topological polar surface area (TPSA) is 95.9 Å². The molecule has 6 nitrogen and oxygen atoms in total. The van der Waals surface area contributed by atoms with Gasteiger partial charge in [-0.3, -0.25) is 9.59 Å². The van der Waals surface area contributed by atoms with Gasteiger partial charge < -0.3 is 20.3 Å². The first-order valence-electron chi connectivity index (χ1n) is 23.8. The van der Waals surface area contributed by atoms with Crippen LogP contribution in [0.2, 0.25) is 0 Å². The number of amides is 1. The highest BCUT2D eigenvalue weighted by Gasteiger charge is 2.20. The summed E-state index contributed by atoms with van der Waals surface area (Å²) in [7, 11) is 0. The van der Waals surface area contributed by atoms with E-state index in [2.05, 4.69) is 19.2 Å². The lowest BCUT2D eigenvalue weighted by atomic mass is 10.0. The number of carbonyl (C=O) groups excluding carboxylic acids is 2. The van der Waals surface area contributed by atoms with E-state index in [4.69, 9.17) is 4.74 Å². The summed E-state index contributed by atoms with van der Waals surface area (Å²) in [4.78, 5) is 24.4. The van der Waals surface area contributed by atoms with Gasteiger partial charge >= 0.3 is 5.97 Å². The third-order valence-corrected chi connectivity index (χ3v) is 11.2. The zero-order valence-corrected chi connectivity index (χ0v) is 35.8. The van der Waals surface area contributed by atoms with E-state index in [1.54, 1.807) is 0 Å². The van der Waals surface area contributed by atoms with E-state index in [0.29, 0.717) is 25.9 Å². The molecule has 0 aliphatic heterocycles. The minimum Gasteiger partial charge on any atom is -0.466 e. The summed E-state index contributed by atoms with van der Waals surface area (Å²) in [6.45, 7) is 4.91. The number of ether oxygens (including phenoxy) is 1. The van der Waals surface area contributed by atoms with Gasteiger partial charge in [0.15, 0.2) is 0 Å². The SMILES string of the molecule is CCCCCCCCCCCCCCCCC(=O)OCCCCCCCCCCCCCCCC(=O)NC(CO)C(O)CCCCCCCCCCC. The number of rotatable bonds is 44. The smallest absolute Gasteiger partial charge is 0.305 e. The van der Waals surface area contributed by atoms with Gasteiger partial charge in [-0.25, -0.2) is 0 Å². The molecule has 0 rings (SSSR count). The van der Waals surface area contributed by atoms with Crippen molar-refractivity contribution in [1.82, 2.24) is 5.32 Å². The van der Waals surface area contributed by atoms with Gasteiger partial charge in [0.25, 0.3) is 0 Å². The monoisotopic (exact) mass is 752 g/mol. The molecule has 316 valence electrons. The minimum atomic E-state index is -0.668. The Hall–Kier alpha value is -1.14. The molecule has 0 saturated carbocycles. The van der Waals surface area contributed by atoms with Gasteiger partial charge in [0.05, 0.1) is 25.4 Å². The average Bonchev–Trinajstić information content (AvgIpc) is 3.16. The summed E-state index contributed by atoms with van der Waals surface area (Å²) < 4.78 is 5.46. The molecular formula is C47H93NO5. The van der Waals surface area contributed by atoms with Crippen molar-refractivity contribution in [3.05, 3.63) is 0 Å². The number of aliphatic hydroxyl groups excluding tert-OH is 2. The van der Waals surface area contributed by atoms with Crippen molar-refractivity contribution >= 4 is 11.9 Å². The number of aliphatic hydroxyl groups is 2. The number of hydrogen-bond acceptors (Lipinski definition) is 5. The molecule has 0 aliphatic carbocycles. The van der Waals surface area contributed by atoms with E-state index in [0.717, 1.165) is 51.4 Å². The van der Waals surface area contributed by atoms with Crippen LogP contribution >= 0.6 is 0 Å². The van der Waals surface area contributed by atoms with Crippen LogP contribution in [0.25, 0.3) is 0 Å². The molecule has 0 saturated heterocycles. The zero-order valence-electron chi connectivity index (χ0n) is 35.8. The number of hydrogen-bond donors (Lipinski definition) is 3. The fourth-order valence-corrected chi connectivity index (χ4v) is 7.46. The molecule has 2 unspecified atom stereocenters. The second kappa shape index (κ2) is 43.6. The van der Waals surface area contributed by atoms with E-state index in [1.807, 2.05) is 0 Å². The minimum absolute atomic E-state index is 0.00335. The highest BCUT2D eigenvalue weighted by molar-refractivity contribution is 5.76. The molecule has 0 aliphatic rings. The summed E-state index contributed by atoms with van der Waals surface area (Å²) >= 11 is 0. The van der Waals surface area contributed by atoms with Gasteiger partial charge in [-0.2, -0.15) is 0 Å². The molecule has 0 bridgehead atoms. The van der Waals surface area contributed by atoms with E-state index in [-0.39, 0.29) is 18.5 Å². The highest BCUT2D eigenvalue weighted by atomic mass is 16.5. The molecule has 0 aromatic heterocycles. The Labute approximate surface area is 330 Å². The third kappa shape index (κ3) is 40.3. The average molecular weight is 752 g/mol. The third-order valence-electron chi connectivity index (χ3n) is 11.2. The zero-order chi connectivity index (χ0) is 38.7. The Bertz CT molecular complexity index is 746. The predicted molar refractivity (Wildman–Crippen MR) is 227 cm³/mol. The lowest BCUT2D eigenvalue weighted by Crippen LogP contribution is -2.45. The van der Waals surface area contributed by atoms with Crippen LogP contribution in [0.3, 0.4) is 0 Å². The van der Waals surface area contributed by atoms with Crippen LogP contribution in [0.5, 0.6) is 0 Å². The Morgan fingerprint density at radius 3 is 1.15 bits per heavy atom. The molecule has 3 N–H and O–H groups in total. The summed E-state index contributed by atoms with van der Waals surface area (Å²) in [5.74, 6) is -0.0528. The molecule has 0 aromatic rings. The Morgan fingerprint density at radius 1 is 0.453 bits per heavy atom. The normalized spacial score (nSPS) is 12.6. The van der Waals surface area contributed by atoms with Crippen LogP contribution in [0.15, 0.2) is 0 Å². The lowest BCUT2D eigenvalue weighted by Gasteiger charge is -2.22. The summed E-state index contributed by atoms with van der Waals surface area (Å²) in [5, 5.41) is 23.0. The molecule has 0 radical (unpaired) electrons. The van der Waals surface area contributed by atoms with Gasteiger partial charge in [-0.05, 0) is 25.7 Å². The van der Waals surface area contributed by atoms with Crippen LogP contribution in [-0.2, 0) is 14.3 Å². The molecule has 2 atom stereocenters. The van der Waals surface area contributed by atoms with Crippen molar-refractivity contribution in [3.63, 3.8) is 0 Å². The number of esters is 1. The van der Waals surface area contributed by atoms with Crippen LogP contribution in [0.1, 0.15) is 264 Å². The first kappa shape index (κ1) is 51.9. The van der Waals surface area contributed by atoms with Gasteiger partial charge in [-0.15, -0.1) is 0 Å². The molecular weight excluding hydrogens is 659 g/mol. The van der Waals surface area contributed by atoms with Crippen molar-refractivity contribution < 1.29 is 24.5 Å². The summed E-state index contributed by atoms with van der Waals surface area (Å²) in [5.41, 5.74) is 0. The van der Waals surface area contributed by atoms with E-state index >= 15 is 0 Å². The second-order valence-corrected chi connectivity index (χ2v) is 16.5. The van der Waals surface area contributed by atoms with Gasteiger partial charge in [0.1, 0.15) is 0 Å². The maximum absolute atomic E-state index is 12.4. The fourth-order valence-electron chi connectivity index (χ4n) is 7.46. The Balaban J connectivity index is 3.41. The van der Waals surface area contributed by atoms with Gasteiger partial charge in [0, 0.05) is 12.8 Å². The molecule has 0 heterocycles. The summed E-state index contributed by atoms with van der Waals surface area (Å²) in [6, 6.07) is -0.547. The molecule has 6 heteroatoms. The molecule has 53 heavy (non-hydrogen) atoms. The highest BCUT2D eigenvalue weighted by Crippen LogP contribution is 2.16. The van der Waals surface area contributed by atoms with E-state index in [9.17, 15) is 19.8 Å². The van der Waals surface area contributed by atoms with Crippen LogP contribution < -0.4 is 5.32 Å². The van der Waals surface area contributed by atoms with Gasteiger partial charge in [0.2, 0.25) is 5.91 Å². The maximum atomic E-state index is 12.4. The number of carbonyl (C=O) groups is 2. The van der Waals surface area contributed by atoms with Crippen LogP contribution in [0.4, 0.5) is 0 Å². The quantitative estimate of drug-likeness (QED) is 0.0425. The predicted octanol–water partition coefficient (Wildman–Crippen LogP) is 13.6. The second-order valence-electron chi connectivity index (χ2n) is 16.5. The Morgan fingerprint density at radius 2 is 0.774 bits per heavy atom. The molecule has 0 aromatic carbocycles. The Kier molecular flexibility index (Phi) is 42.6. The first-order chi connectivity index (χ1) is 26.0. The molecule has 0 spiro atoms.